The van der Waals surface area contributed by atoms with Crippen molar-refractivity contribution in [2.24, 2.45) is 11.6 Å². The van der Waals surface area contributed by atoms with Crippen molar-refractivity contribution in [3.63, 3.8) is 0 Å². The smallest absolute Gasteiger partial charge is 0.212 e. The third kappa shape index (κ3) is 2.06. The molecule has 3 aliphatic heterocycles. The fourth-order valence-electron chi connectivity index (χ4n) is 3.64. The number of ether oxygens (including phenoxy) is 1. The number of nitrogens with zero attached hydrogens (tertiary/aromatic N) is 4. The first-order valence-electron chi connectivity index (χ1n) is 8.09. The Morgan fingerprint density at radius 2 is 2.23 bits per heavy atom. The largest absolute Gasteiger partial charge is 0.494 e. The van der Waals surface area contributed by atoms with Gasteiger partial charge in [-0.1, -0.05) is 6.07 Å². The van der Waals surface area contributed by atoms with E-state index in [0.717, 1.165) is 11.1 Å². The molecule has 0 radical (unpaired) electrons. The number of nitrogens with one attached hydrogen (secondary N) is 1. The van der Waals surface area contributed by atoms with E-state index < -0.39 is 11.6 Å². The van der Waals surface area contributed by atoms with Gasteiger partial charge in [0.05, 0.1) is 12.0 Å². The van der Waals surface area contributed by atoms with E-state index in [2.05, 4.69) is 16.5 Å². The van der Waals surface area contributed by atoms with Crippen molar-refractivity contribution >= 4 is 0 Å². The first kappa shape index (κ1) is 16.3. The average Bonchev–Trinajstić information content (AvgIpc) is 2.98. The second-order valence-electron chi connectivity index (χ2n) is 6.81. The van der Waals surface area contributed by atoms with Gasteiger partial charge in [0.2, 0.25) is 17.6 Å². The van der Waals surface area contributed by atoms with E-state index in [4.69, 9.17) is 16.3 Å². The number of hydrazine groups is 2. The summed E-state index contributed by atoms with van der Waals surface area (Å²) < 4.78 is 5.69. The van der Waals surface area contributed by atoms with Gasteiger partial charge in [-0.2, -0.15) is 10.3 Å². The quantitative estimate of drug-likeness (QED) is 0.535. The molecular weight excluding hydrogens is 334 g/mol. The van der Waals surface area contributed by atoms with Crippen molar-refractivity contribution in [1.82, 2.24) is 20.4 Å². The highest BCUT2D eigenvalue weighted by Gasteiger charge is 2.52. The first-order valence-corrected chi connectivity index (χ1v) is 8.09. The second-order valence-corrected chi connectivity index (χ2v) is 6.81. The van der Waals surface area contributed by atoms with Gasteiger partial charge in [0.25, 0.3) is 0 Å². The maximum atomic E-state index is 10.3. The van der Waals surface area contributed by atoms with Crippen LogP contribution >= 0.6 is 0 Å². The van der Waals surface area contributed by atoms with Gasteiger partial charge in [0.15, 0.2) is 0 Å². The number of allylic oxidation sites excluding steroid dienone is 1. The Bertz CT molecular complexity index is 897. The second kappa shape index (κ2) is 5.39. The van der Waals surface area contributed by atoms with E-state index in [1.54, 1.807) is 24.5 Å². The van der Waals surface area contributed by atoms with E-state index in [1.807, 2.05) is 24.9 Å². The minimum absolute atomic E-state index is 0.0445. The Labute approximate surface area is 150 Å². The lowest BCUT2D eigenvalue weighted by atomic mass is 9.81. The number of nitriles is 1. The number of hydrogen-bond donors (Lipinski definition) is 4. The SMILES string of the molecule is CC1(C)N(N)C(O)=C[C@H]2C3=C(NN21)OC(N)=C(C#N)[C@H]3c1cccnc1. The van der Waals surface area contributed by atoms with E-state index >= 15 is 0 Å². The lowest BCUT2D eigenvalue weighted by molar-refractivity contribution is -0.0840. The molecule has 1 aromatic rings. The molecule has 3 aliphatic rings. The molecule has 4 heterocycles. The van der Waals surface area contributed by atoms with Gasteiger partial charge in [-0.25, -0.2) is 5.84 Å². The first-order chi connectivity index (χ1) is 12.4. The summed E-state index contributed by atoms with van der Waals surface area (Å²) in [7, 11) is 0. The Morgan fingerprint density at radius 3 is 2.88 bits per heavy atom. The molecule has 4 rings (SSSR count). The van der Waals surface area contributed by atoms with Crippen LogP contribution in [0.1, 0.15) is 25.3 Å². The molecule has 26 heavy (non-hydrogen) atoms. The number of nitrogens with two attached hydrogens (primary N) is 2. The minimum Gasteiger partial charge on any atom is -0.494 e. The van der Waals surface area contributed by atoms with Gasteiger partial charge < -0.3 is 15.6 Å². The fourth-order valence-corrected chi connectivity index (χ4v) is 3.64. The third-order valence-electron chi connectivity index (χ3n) is 5.03. The van der Waals surface area contributed by atoms with E-state index in [9.17, 15) is 10.4 Å². The van der Waals surface area contributed by atoms with Crippen LogP contribution in [-0.4, -0.2) is 31.8 Å². The molecule has 9 nitrogen and oxygen atoms in total. The maximum Gasteiger partial charge on any atom is 0.212 e. The molecule has 6 N–H and O–H groups in total. The van der Waals surface area contributed by atoms with E-state index in [1.165, 1.54) is 5.01 Å². The highest BCUT2D eigenvalue weighted by Crippen LogP contribution is 2.46. The Balaban J connectivity index is 1.88. The van der Waals surface area contributed by atoms with Crippen molar-refractivity contribution < 1.29 is 9.84 Å². The highest BCUT2D eigenvalue weighted by atomic mass is 16.5. The van der Waals surface area contributed by atoms with Crippen molar-refractivity contribution in [3.8, 4) is 6.07 Å². The lowest BCUT2D eigenvalue weighted by Crippen LogP contribution is -2.66. The zero-order valence-corrected chi connectivity index (χ0v) is 14.3. The summed E-state index contributed by atoms with van der Waals surface area (Å²) in [6.45, 7) is 3.71. The van der Waals surface area contributed by atoms with Crippen LogP contribution in [0.4, 0.5) is 0 Å². The molecule has 134 valence electrons. The molecule has 0 saturated carbocycles. The predicted octanol–water partition coefficient (Wildman–Crippen LogP) is 0.614. The number of aliphatic hydroxyl groups excluding tert-OH is 1. The number of pyridine rings is 1. The number of hydrogen-bond acceptors (Lipinski definition) is 9. The van der Waals surface area contributed by atoms with Crippen LogP contribution in [0.25, 0.3) is 0 Å². The molecule has 0 bridgehead atoms. The number of fused-ring (bicyclic) bond motifs is 2. The third-order valence-corrected chi connectivity index (χ3v) is 5.03. The van der Waals surface area contributed by atoms with Gasteiger partial charge in [-0.3, -0.25) is 15.4 Å². The summed E-state index contributed by atoms with van der Waals surface area (Å²) >= 11 is 0. The Hall–Kier alpha value is -3.22. The summed E-state index contributed by atoms with van der Waals surface area (Å²) in [5, 5.41) is 23.1. The van der Waals surface area contributed by atoms with Gasteiger partial charge in [-0.05, 0) is 25.5 Å². The fraction of sp³-hybridized carbons (Fsp3) is 0.294. The minimum atomic E-state index is -0.759. The molecule has 0 aromatic carbocycles. The normalized spacial score (nSPS) is 27.2. The predicted molar refractivity (Wildman–Crippen MR) is 91.5 cm³/mol. The number of aromatic nitrogens is 1. The van der Waals surface area contributed by atoms with Gasteiger partial charge in [-0.15, -0.1) is 0 Å². The molecule has 0 amide bonds. The average molecular weight is 353 g/mol. The number of aliphatic hydroxyl groups is 1. The van der Waals surface area contributed by atoms with Crippen molar-refractivity contribution in [2.75, 3.05) is 0 Å². The van der Waals surface area contributed by atoms with Crippen LogP contribution in [0.3, 0.4) is 0 Å². The summed E-state index contributed by atoms with van der Waals surface area (Å²) in [6.07, 6.45) is 4.97. The standard InChI is InChI=1S/C17H19N7O2/c1-17(2)23(20)12(25)6-11-14-13(9-4-3-5-21-8-9)10(7-18)15(19)26-16(14)22-24(11)17/h3-6,8,11,13,22,25H,19-20H2,1-2H3/t11-,13+/m0/s1. The highest BCUT2D eigenvalue weighted by molar-refractivity contribution is 5.52. The maximum absolute atomic E-state index is 10.3. The Morgan fingerprint density at radius 1 is 1.46 bits per heavy atom. The molecule has 0 fully saturated rings. The molecule has 0 saturated heterocycles. The topological polar surface area (TPSA) is 137 Å². The van der Waals surface area contributed by atoms with Crippen LogP contribution in [-0.2, 0) is 4.74 Å². The zero-order valence-electron chi connectivity index (χ0n) is 14.3. The summed E-state index contributed by atoms with van der Waals surface area (Å²) in [5.74, 6) is 5.99. The molecule has 2 atom stereocenters. The Kier molecular flexibility index (Phi) is 3.37. The van der Waals surface area contributed by atoms with Crippen LogP contribution in [0, 0.1) is 11.3 Å². The van der Waals surface area contributed by atoms with Crippen molar-refractivity contribution in [1.29, 1.82) is 5.26 Å². The van der Waals surface area contributed by atoms with Gasteiger partial charge in [0.1, 0.15) is 17.3 Å². The monoisotopic (exact) mass is 353 g/mol. The molecular formula is C17H19N7O2. The summed E-state index contributed by atoms with van der Waals surface area (Å²) in [6, 6.07) is 5.46. The van der Waals surface area contributed by atoms with Gasteiger partial charge >= 0.3 is 0 Å². The van der Waals surface area contributed by atoms with Crippen molar-refractivity contribution in [3.05, 3.63) is 65.0 Å². The van der Waals surface area contributed by atoms with Crippen molar-refractivity contribution in [2.45, 2.75) is 31.5 Å². The summed E-state index contributed by atoms with van der Waals surface area (Å²) in [5.41, 5.74) is 10.3. The van der Waals surface area contributed by atoms with Crippen LogP contribution in [0.15, 0.2) is 59.4 Å². The molecule has 9 heteroatoms. The molecule has 0 unspecified atom stereocenters. The van der Waals surface area contributed by atoms with E-state index in [0.29, 0.717) is 11.5 Å². The lowest BCUT2D eigenvalue weighted by Gasteiger charge is -2.48. The zero-order chi connectivity index (χ0) is 18.6. The van der Waals surface area contributed by atoms with Crippen LogP contribution < -0.4 is 17.0 Å². The van der Waals surface area contributed by atoms with Crippen LogP contribution in [0.5, 0.6) is 0 Å². The van der Waals surface area contributed by atoms with E-state index in [-0.39, 0.29) is 17.8 Å². The molecule has 0 aliphatic carbocycles. The van der Waals surface area contributed by atoms with Crippen LogP contribution in [0.2, 0.25) is 0 Å². The molecule has 0 spiro atoms. The number of rotatable bonds is 1. The summed E-state index contributed by atoms with van der Waals surface area (Å²) in [4.78, 5) is 4.16. The molecule has 1 aromatic heterocycles. The van der Waals surface area contributed by atoms with Gasteiger partial charge in [0, 0.05) is 24.0 Å².